The Morgan fingerprint density at radius 2 is 2.04 bits per heavy atom. The second-order valence-corrected chi connectivity index (χ2v) is 6.51. The molecular formula is C20H21N7. The fourth-order valence-corrected chi connectivity index (χ4v) is 3.09. The molecule has 0 amide bonds. The van der Waals surface area contributed by atoms with Crippen molar-refractivity contribution in [3.63, 3.8) is 0 Å². The van der Waals surface area contributed by atoms with Gasteiger partial charge in [0.15, 0.2) is 0 Å². The summed E-state index contributed by atoms with van der Waals surface area (Å²) in [6.07, 6.45) is 5.57. The average molecular weight is 359 g/mol. The van der Waals surface area contributed by atoms with Crippen molar-refractivity contribution in [2.24, 2.45) is 5.73 Å². The lowest BCUT2D eigenvalue weighted by atomic mass is 10.1. The number of nitrogens with zero attached hydrogens (tertiary/aromatic N) is 3. The Morgan fingerprint density at radius 3 is 2.74 bits per heavy atom. The summed E-state index contributed by atoms with van der Waals surface area (Å²) in [6.45, 7) is 3.47. The minimum absolute atomic E-state index is 0.0702. The Hall–Kier alpha value is -3.61. The number of benzene rings is 2. The maximum absolute atomic E-state index is 7.44. The second-order valence-electron chi connectivity index (χ2n) is 6.51. The van der Waals surface area contributed by atoms with E-state index >= 15 is 0 Å². The normalized spacial score (nSPS) is 11.0. The lowest BCUT2D eigenvalue weighted by molar-refractivity contribution is 0.793. The van der Waals surface area contributed by atoms with E-state index < -0.39 is 0 Å². The molecule has 4 aromatic rings. The highest BCUT2D eigenvalue weighted by atomic mass is 15.0. The summed E-state index contributed by atoms with van der Waals surface area (Å²) in [4.78, 5) is 12.2. The smallest absolute Gasteiger partial charge is 0.126 e. The summed E-state index contributed by atoms with van der Waals surface area (Å²) in [5.41, 5.74) is 11.6. The number of H-pyrrole nitrogens is 1. The standard InChI is InChI=1S/C20H21N7/c1-13-15(11-27-9-8-23-12-27)4-7-17-19(13)26-18(25-17)10-24-16-5-2-14(3-6-16)20(21)22/h2-9,12,24H,10-11H2,1H3,(H3,21,22)(H,25,26). The van der Waals surface area contributed by atoms with Crippen LogP contribution in [-0.4, -0.2) is 25.4 Å². The zero-order valence-electron chi connectivity index (χ0n) is 15.0. The van der Waals surface area contributed by atoms with E-state index in [1.165, 1.54) is 11.1 Å². The van der Waals surface area contributed by atoms with Crippen LogP contribution in [0.5, 0.6) is 0 Å². The predicted octanol–water partition coefficient (Wildman–Crippen LogP) is 3.01. The number of hydrogen-bond donors (Lipinski definition) is 4. The van der Waals surface area contributed by atoms with E-state index in [4.69, 9.17) is 16.1 Å². The molecule has 0 atom stereocenters. The summed E-state index contributed by atoms with van der Waals surface area (Å²) in [5, 5.41) is 10.8. The van der Waals surface area contributed by atoms with Crippen LogP contribution in [0.1, 0.15) is 22.5 Å². The van der Waals surface area contributed by atoms with Gasteiger partial charge in [-0.15, -0.1) is 0 Å². The molecule has 136 valence electrons. The van der Waals surface area contributed by atoms with Crippen molar-refractivity contribution in [1.82, 2.24) is 19.5 Å². The van der Waals surface area contributed by atoms with Crippen LogP contribution in [0.15, 0.2) is 55.1 Å². The van der Waals surface area contributed by atoms with Crippen molar-refractivity contribution in [3.8, 4) is 0 Å². The van der Waals surface area contributed by atoms with Crippen LogP contribution in [0.25, 0.3) is 11.0 Å². The summed E-state index contributed by atoms with van der Waals surface area (Å²) >= 11 is 0. The maximum atomic E-state index is 7.44. The molecule has 7 heteroatoms. The molecule has 2 aromatic heterocycles. The quantitative estimate of drug-likeness (QED) is 0.313. The molecule has 4 rings (SSSR count). The number of nitrogens with two attached hydrogens (primary N) is 1. The Balaban J connectivity index is 1.51. The fraction of sp³-hybridized carbons (Fsp3) is 0.150. The number of anilines is 1. The molecule has 0 unspecified atom stereocenters. The van der Waals surface area contributed by atoms with E-state index in [1.807, 2.05) is 41.4 Å². The van der Waals surface area contributed by atoms with E-state index in [0.29, 0.717) is 12.1 Å². The van der Waals surface area contributed by atoms with E-state index in [-0.39, 0.29) is 5.84 Å². The van der Waals surface area contributed by atoms with Crippen LogP contribution in [-0.2, 0) is 13.1 Å². The van der Waals surface area contributed by atoms with E-state index in [2.05, 4.69) is 34.3 Å². The van der Waals surface area contributed by atoms with Gasteiger partial charge in [0.2, 0.25) is 0 Å². The second kappa shape index (κ2) is 6.95. The van der Waals surface area contributed by atoms with Gasteiger partial charge in [-0.3, -0.25) is 5.41 Å². The Bertz CT molecular complexity index is 1080. The average Bonchev–Trinajstić information content (AvgIpc) is 3.32. The van der Waals surface area contributed by atoms with Gasteiger partial charge in [-0.05, 0) is 48.4 Å². The molecule has 0 aliphatic carbocycles. The summed E-state index contributed by atoms with van der Waals surface area (Å²) in [6, 6.07) is 11.7. The fourth-order valence-electron chi connectivity index (χ4n) is 3.09. The molecule has 5 N–H and O–H groups in total. The van der Waals surface area contributed by atoms with Crippen molar-refractivity contribution in [2.45, 2.75) is 20.0 Å². The molecule has 0 saturated heterocycles. The first-order valence-electron chi connectivity index (χ1n) is 8.71. The van der Waals surface area contributed by atoms with Gasteiger partial charge in [-0.25, -0.2) is 9.97 Å². The number of rotatable bonds is 6. The van der Waals surface area contributed by atoms with E-state index in [9.17, 15) is 0 Å². The van der Waals surface area contributed by atoms with Crippen LogP contribution >= 0.6 is 0 Å². The third-order valence-corrected chi connectivity index (χ3v) is 4.64. The van der Waals surface area contributed by atoms with Crippen molar-refractivity contribution in [2.75, 3.05) is 5.32 Å². The summed E-state index contributed by atoms with van der Waals surface area (Å²) in [5.74, 6) is 0.948. The monoisotopic (exact) mass is 359 g/mol. The molecule has 2 heterocycles. The maximum Gasteiger partial charge on any atom is 0.126 e. The van der Waals surface area contributed by atoms with Crippen LogP contribution in [0.2, 0.25) is 0 Å². The van der Waals surface area contributed by atoms with Crippen LogP contribution in [0, 0.1) is 12.3 Å². The van der Waals surface area contributed by atoms with Gasteiger partial charge in [0.25, 0.3) is 0 Å². The number of fused-ring (bicyclic) bond motifs is 1. The first-order chi connectivity index (χ1) is 13.1. The minimum Gasteiger partial charge on any atom is -0.384 e. The molecule has 2 aromatic carbocycles. The topological polar surface area (TPSA) is 108 Å². The molecule has 0 bridgehead atoms. The molecule has 0 radical (unpaired) electrons. The third-order valence-electron chi connectivity index (χ3n) is 4.64. The van der Waals surface area contributed by atoms with Crippen LogP contribution in [0.3, 0.4) is 0 Å². The molecule has 27 heavy (non-hydrogen) atoms. The van der Waals surface area contributed by atoms with Crippen molar-refractivity contribution in [1.29, 1.82) is 5.41 Å². The number of imidazole rings is 2. The lowest BCUT2D eigenvalue weighted by Gasteiger charge is -2.06. The molecule has 0 fully saturated rings. The number of aromatic amines is 1. The molecule has 0 spiro atoms. The third kappa shape index (κ3) is 3.52. The van der Waals surface area contributed by atoms with Gasteiger partial charge in [0, 0.05) is 30.2 Å². The Morgan fingerprint density at radius 1 is 1.22 bits per heavy atom. The number of aromatic nitrogens is 4. The van der Waals surface area contributed by atoms with Gasteiger partial charge >= 0.3 is 0 Å². The summed E-state index contributed by atoms with van der Waals surface area (Å²) < 4.78 is 2.05. The Labute approximate surface area is 156 Å². The lowest BCUT2D eigenvalue weighted by Crippen LogP contribution is -2.10. The van der Waals surface area contributed by atoms with Gasteiger partial charge in [0.05, 0.1) is 23.9 Å². The number of nitrogens with one attached hydrogen (secondary N) is 3. The highest BCUT2D eigenvalue weighted by Crippen LogP contribution is 2.21. The van der Waals surface area contributed by atoms with Gasteiger partial charge in [-0.2, -0.15) is 0 Å². The van der Waals surface area contributed by atoms with Crippen LogP contribution in [0.4, 0.5) is 5.69 Å². The molecule has 0 aliphatic rings. The minimum atomic E-state index is 0.0702. The number of nitrogen functional groups attached to an aromatic ring is 1. The molecule has 7 nitrogen and oxygen atoms in total. The van der Waals surface area contributed by atoms with Gasteiger partial charge in [-0.1, -0.05) is 6.07 Å². The Kier molecular flexibility index (Phi) is 4.33. The first-order valence-corrected chi connectivity index (χ1v) is 8.71. The molecular weight excluding hydrogens is 338 g/mol. The van der Waals surface area contributed by atoms with E-state index in [1.54, 1.807) is 6.20 Å². The van der Waals surface area contributed by atoms with E-state index in [0.717, 1.165) is 29.1 Å². The van der Waals surface area contributed by atoms with Gasteiger partial charge < -0.3 is 20.6 Å². The highest BCUT2D eigenvalue weighted by Gasteiger charge is 2.09. The SMILES string of the molecule is Cc1c(Cn2ccnc2)ccc2[nH]c(CNc3ccc(C(=N)N)cc3)nc12. The predicted molar refractivity (Wildman–Crippen MR) is 107 cm³/mol. The summed E-state index contributed by atoms with van der Waals surface area (Å²) in [7, 11) is 0. The van der Waals surface area contributed by atoms with Crippen molar-refractivity contribution < 1.29 is 0 Å². The van der Waals surface area contributed by atoms with Crippen molar-refractivity contribution >= 4 is 22.6 Å². The largest absolute Gasteiger partial charge is 0.384 e. The number of amidine groups is 1. The molecule has 0 saturated carbocycles. The number of aryl methyl sites for hydroxylation is 1. The van der Waals surface area contributed by atoms with Gasteiger partial charge in [0.1, 0.15) is 11.7 Å². The van der Waals surface area contributed by atoms with Crippen LogP contribution < -0.4 is 11.1 Å². The zero-order valence-corrected chi connectivity index (χ0v) is 15.0. The number of hydrogen-bond acceptors (Lipinski definition) is 4. The highest BCUT2D eigenvalue weighted by molar-refractivity contribution is 5.95. The zero-order chi connectivity index (χ0) is 18.8. The first kappa shape index (κ1) is 16.8. The molecule has 0 aliphatic heterocycles. The van der Waals surface area contributed by atoms with Crippen molar-refractivity contribution in [3.05, 3.63) is 77.6 Å².